The van der Waals surface area contributed by atoms with E-state index in [1.165, 1.54) is 0 Å². The molecule has 6 nitrogen and oxygen atoms in total. The molecule has 164 valence electrons. The number of ether oxygens (including phenoxy) is 1. The number of aromatic nitrogens is 3. The van der Waals surface area contributed by atoms with Crippen LogP contribution in [0.2, 0.25) is 5.02 Å². The van der Waals surface area contributed by atoms with Crippen molar-refractivity contribution in [2.45, 2.75) is 26.7 Å². The number of esters is 1. The second kappa shape index (κ2) is 8.43. The molecule has 4 aromatic rings. The smallest absolute Gasteiger partial charge is 0.309 e. The molecule has 1 aliphatic rings. The number of anilines is 1. The number of para-hydroxylation sites is 1. The fourth-order valence-corrected chi connectivity index (χ4v) is 4.54. The second-order valence-electron chi connectivity index (χ2n) is 8.21. The van der Waals surface area contributed by atoms with Gasteiger partial charge in [0.05, 0.1) is 29.1 Å². The van der Waals surface area contributed by atoms with Crippen molar-refractivity contribution in [2.24, 2.45) is 5.92 Å². The molecule has 0 aliphatic carbocycles. The molecule has 1 saturated heterocycles. The lowest BCUT2D eigenvalue weighted by atomic mass is 9.97. The van der Waals surface area contributed by atoms with Crippen LogP contribution in [0.4, 0.5) is 5.95 Å². The summed E-state index contributed by atoms with van der Waals surface area (Å²) < 4.78 is 7.33. The number of pyridine rings is 1. The van der Waals surface area contributed by atoms with Crippen LogP contribution in [0.1, 0.15) is 25.3 Å². The Hall–Kier alpha value is -3.12. The summed E-state index contributed by atoms with van der Waals surface area (Å²) in [5, 5.41) is 1.79. The topological polar surface area (TPSA) is 60.2 Å². The van der Waals surface area contributed by atoms with Gasteiger partial charge in [-0.25, -0.2) is 9.97 Å². The lowest BCUT2D eigenvalue weighted by Crippen LogP contribution is -2.38. The number of carbonyl (C=O) groups excluding carboxylic acids is 1. The molecule has 0 amide bonds. The Balaban J connectivity index is 1.59. The number of carbonyl (C=O) groups is 1. The molecule has 3 heterocycles. The number of hydrogen-bond acceptors (Lipinski definition) is 5. The Bertz CT molecular complexity index is 1310. The summed E-state index contributed by atoms with van der Waals surface area (Å²) >= 11 is 6.41. The Morgan fingerprint density at radius 1 is 1.09 bits per heavy atom. The van der Waals surface area contributed by atoms with Gasteiger partial charge in [0.1, 0.15) is 5.82 Å². The van der Waals surface area contributed by atoms with Crippen molar-refractivity contribution in [1.29, 1.82) is 0 Å². The Labute approximate surface area is 191 Å². The zero-order chi connectivity index (χ0) is 22.2. The summed E-state index contributed by atoms with van der Waals surface area (Å²) in [5.41, 5.74) is 3.73. The lowest BCUT2D eigenvalue weighted by molar-refractivity contribution is -0.148. The van der Waals surface area contributed by atoms with Crippen molar-refractivity contribution in [3.63, 3.8) is 0 Å². The molecule has 5 rings (SSSR count). The first kappa shape index (κ1) is 20.8. The first-order valence-corrected chi connectivity index (χ1v) is 11.4. The maximum absolute atomic E-state index is 12.2. The molecule has 0 spiro atoms. The Morgan fingerprint density at radius 2 is 1.88 bits per heavy atom. The van der Waals surface area contributed by atoms with Crippen molar-refractivity contribution >= 4 is 45.5 Å². The monoisotopic (exact) mass is 448 g/mol. The molecule has 0 saturated carbocycles. The Morgan fingerprint density at radius 3 is 2.66 bits per heavy atom. The SMILES string of the molecule is CCOC(=O)C1CCN(c2nc3cc(Cl)c(C)cc3n2-c2ccc3ccccc3n2)CC1. The average molecular weight is 449 g/mol. The summed E-state index contributed by atoms with van der Waals surface area (Å²) in [7, 11) is 0. The number of piperidine rings is 1. The number of benzene rings is 2. The van der Waals surface area contributed by atoms with Crippen LogP contribution in [0, 0.1) is 12.8 Å². The highest BCUT2D eigenvalue weighted by Crippen LogP contribution is 2.33. The van der Waals surface area contributed by atoms with Crippen molar-refractivity contribution in [3.8, 4) is 5.82 Å². The third kappa shape index (κ3) is 3.69. The van der Waals surface area contributed by atoms with E-state index in [-0.39, 0.29) is 11.9 Å². The van der Waals surface area contributed by atoms with E-state index < -0.39 is 0 Å². The van der Waals surface area contributed by atoms with Crippen LogP contribution in [0.25, 0.3) is 27.8 Å². The molecule has 1 fully saturated rings. The zero-order valence-electron chi connectivity index (χ0n) is 18.2. The van der Waals surface area contributed by atoms with Gasteiger partial charge in [0, 0.05) is 23.5 Å². The minimum atomic E-state index is -0.0979. The summed E-state index contributed by atoms with van der Waals surface area (Å²) in [4.78, 5) is 24.3. The van der Waals surface area contributed by atoms with Crippen LogP contribution in [-0.4, -0.2) is 40.2 Å². The van der Waals surface area contributed by atoms with E-state index in [0.717, 1.165) is 65.2 Å². The normalized spacial score (nSPS) is 14.9. The van der Waals surface area contributed by atoms with Crippen molar-refractivity contribution in [2.75, 3.05) is 24.6 Å². The summed E-state index contributed by atoms with van der Waals surface area (Å²) in [6.45, 7) is 5.72. The molecule has 0 N–H and O–H groups in total. The van der Waals surface area contributed by atoms with E-state index in [1.54, 1.807) is 0 Å². The van der Waals surface area contributed by atoms with Gasteiger partial charge in [-0.1, -0.05) is 29.8 Å². The highest BCUT2D eigenvalue weighted by Gasteiger charge is 2.29. The number of hydrogen-bond donors (Lipinski definition) is 0. The molecular formula is C25H25ClN4O2. The Kier molecular flexibility index (Phi) is 5.47. The van der Waals surface area contributed by atoms with Gasteiger partial charge in [0.25, 0.3) is 0 Å². The maximum atomic E-state index is 12.2. The fourth-order valence-electron chi connectivity index (χ4n) is 4.38. The molecule has 0 unspecified atom stereocenters. The van der Waals surface area contributed by atoms with Gasteiger partial charge in [-0.15, -0.1) is 0 Å². The summed E-state index contributed by atoms with van der Waals surface area (Å²) in [6.07, 6.45) is 1.49. The maximum Gasteiger partial charge on any atom is 0.309 e. The van der Waals surface area contributed by atoms with Crippen LogP contribution < -0.4 is 4.90 Å². The van der Waals surface area contributed by atoms with Gasteiger partial charge < -0.3 is 9.64 Å². The predicted octanol–water partition coefficient (Wildman–Crippen LogP) is 5.32. The summed E-state index contributed by atoms with van der Waals surface area (Å²) in [5.74, 6) is 1.49. The standard InChI is InChI=1S/C25H25ClN4O2/c1-3-32-24(31)18-10-12-29(13-11-18)25-28-21-15-19(26)16(2)14-22(21)30(25)23-9-8-17-6-4-5-7-20(17)27-23/h4-9,14-15,18H,3,10-13H2,1-2H3. The van der Waals surface area contributed by atoms with E-state index >= 15 is 0 Å². The molecule has 0 bridgehead atoms. The number of fused-ring (bicyclic) bond motifs is 2. The third-order valence-electron chi connectivity index (χ3n) is 6.13. The number of nitrogens with zero attached hydrogens (tertiary/aromatic N) is 4. The average Bonchev–Trinajstić information content (AvgIpc) is 3.17. The van der Waals surface area contributed by atoms with E-state index in [2.05, 4.69) is 27.7 Å². The number of aryl methyl sites for hydroxylation is 1. The van der Waals surface area contributed by atoms with Gasteiger partial charge in [0.15, 0.2) is 0 Å². The molecular weight excluding hydrogens is 424 g/mol. The van der Waals surface area contributed by atoms with E-state index in [0.29, 0.717) is 11.6 Å². The largest absolute Gasteiger partial charge is 0.466 e. The highest BCUT2D eigenvalue weighted by molar-refractivity contribution is 6.32. The van der Waals surface area contributed by atoms with Crippen LogP contribution in [0.3, 0.4) is 0 Å². The van der Waals surface area contributed by atoms with Gasteiger partial charge in [0.2, 0.25) is 5.95 Å². The van der Waals surface area contributed by atoms with Gasteiger partial charge >= 0.3 is 5.97 Å². The van der Waals surface area contributed by atoms with Crippen molar-refractivity contribution < 1.29 is 9.53 Å². The summed E-state index contributed by atoms with van der Waals surface area (Å²) in [6, 6.07) is 16.2. The number of halogens is 1. The molecule has 2 aromatic carbocycles. The zero-order valence-corrected chi connectivity index (χ0v) is 19.0. The van der Waals surface area contributed by atoms with Crippen molar-refractivity contribution in [1.82, 2.24) is 14.5 Å². The lowest BCUT2D eigenvalue weighted by Gasteiger charge is -2.31. The number of imidazole rings is 1. The molecule has 32 heavy (non-hydrogen) atoms. The van der Waals surface area contributed by atoms with E-state index in [1.807, 2.05) is 44.2 Å². The van der Waals surface area contributed by atoms with E-state index in [4.69, 9.17) is 26.3 Å². The van der Waals surface area contributed by atoms with E-state index in [9.17, 15) is 4.79 Å². The minimum Gasteiger partial charge on any atom is -0.466 e. The fraction of sp³-hybridized carbons (Fsp3) is 0.320. The molecule has 2 aromatic heterocycles. The third-order valence-corrected chi connectivity index (χ3v) is 6.53. The van der Waals surface area contributed by atoms with Crippen LogP contribution in [0.15, 0.2) is 48.5 Å². The minimum absolute atomic E-state index is 0.0560. The number of rotatable bonds is 4. The van der Waals surface area contributed by atoms with Crippen LogP contribution >= 0.6 is 11.6 Å². The molecule has 7 heteroatoms. The molecule has 1 aliphatic heterocycles. The first-order valence-electron chi connectivity index (χ1n) is 11.0. The van der Waals surface area contributed by atoms with Gasteiger partial charge in [-0.2, -0.15) is 0 Å². The van der Waals surface area contributed by atoms with Crippen LogP contribution in [0.5, 0.6) is 0 Å². The van der Waals surface area contributed by atoms with Crippen LogP contribution in [-0.2, 0) is 9.53 Å². The highest BCUT2D eigenvalue weighted by atomic mass is 35.5. The molecule has 0 atom stereocenters. The second-order valence-corrected chi connectivity index (χ2v) is 8.62. The van der Waals surface area contributed by atoms with Gasteiger partial charge in [-0.05, 0) is 62.6 Å². The van der Waals surface area contributed by atoms with Crippen molar-refractivity contribution in [3.05, 3.63) is 59.1 Å². The molecule has 0 radical (unpaired) electrons. The quantitative estimate of drug-likeness (QED) is 0.396. The van der Waals surface area contributed by atoms with Gasteiger partial charge in [-0.3, -0.25) is 9.36 Å². The first-order chi connectivity index (χ1) is 15.5. The predicted molar refractivity (Wildman–Crippen MR) is 128 cm³/mol.